The number of hydrogen-bond acceptors (Lipinski definition) is 6. The van der Waals surface area contributed by atoms with E-state index in [1.54, 1.807) is 11.8 Å². The van der Waals surface area contributed by atoms with Crippen LogP contribution in [-0.4, -0.2) is 34.5 Å². The van der Waals surface area contributed by atoms with Gasteiger partial charge >= 0.3 is 5.97 Å². The van der Waals surface area contributed by atoms with Crippen LogP contribution < -0.4 is 10.2 Å². The Kier molecular flexibility index (Phi) is 6.75. The number of aryl methyl sites for hydroxylation is 1. The van der Waals surface area contributed by atoms with Gasteiger partial charge in [0.15, 0.2) is 12.3 Å². The number of aromatic nitrogens is 2. The van der Waals surface area contributed by atoms with Crippen molar-refractivity contribution in [3.63, 3.8) is 0 Å². The summed E-state index contributed by atoms with van der Waals surface area (Å²) < 4.78 is 5.14. The zero-order valence-electron chi connectivity index (χ0n) is 17.2. The van der Waals surface area contributed by atoms with Crippen LogP contribution in [-0.2, 0) is 9.53 Å². The second-order valence-electron chi connectivity index (χ2n) is 7.01. The first-order chi connectivity index (χ1) is 14.4. The SMILES string of the molecule is Cc1cnc(C(=O)OCC(=O)N(c2ccc(Nc3ccccc3)cc2)C(C)C)cn1. The molecular weight excluding hydrogens is 380 g/mol. The molecule has 0 bridgehead atoms. The molecule has 3 rings (SSSR count). The van der Waals surface area contributed by atoms with E-state index in [0.717, 1.165) is 17.1 Å². The molecular formula is C23H24N4O3. The number of nitrogens with zero attached hydrogens (tertiary/aromatic N) is 3. The van der Waals surface area contributed by atoms with E-state index in [0.29, 0.717) is 5.69 Å². The van der Waals surface area contributed by atoms with E-state index < -0.39 is 5.97 Å². The molecule has 0 radical (unpaired) electrons. The molecule has 1 heterocycles. The topological polar surface area (TPSA) is 84.4 Å². The average molecular weight is 404 g/mol. The van der Waals surface area contributed by atoms with Crippen molar-refractivity contribution in [2.24, 2.45) is 0 Å². The fourth-order valence-corrected chi connectivity index (χ4v) is 2.89. The molecule has 0 saturated carbocycles. The normalized spacial score (nSPS) is 10.5. The minimum absolute atomic E-state index is 0.0702. The number of carbonyl (C=O) groups is 2. The Bertz CT molecular complexity index is 987. The van der Waals surface area contributed by atoms with Crippen LogP contribution in [0.15, 0.2) is 67.0 Å². The minimum atomic E-state index is -0.679. The standard InChI is InChI=1S/C23H24N4O3/c1-16(2)27(22(28)15-30-23(29)21-14-24-17(3)13-25-21)20-11-9-19(10-12-20)26-18-7-5-4-6-8-18/h4-14,16,26H,15H2,1-3H3. The molecule has 0 aliphatic carbocycles. The maximum Gasteiger partial charge on any atom is 0.359 e. The number of carbonyl (C=O) groups excluding carboxylic acids is 2. The predicted molar refractivity (Wildman–Crippen MR) is 116 cm³/mol. The van der Waals surface area contributed by atoms with E-state index in [2.05, 4.69) is 15.3 Å². The third-order valence-electron chi connectivity index (χ3n) is 4.31. The first-order valence-electron chi connectivity index (χ1n) is 9.64. The Morgan fingerprint density at radius 2 is 1.63 bits per heavy atom. The van der Waals surface area contributed by atoms with Crippen molar-refractivity contribution in [2.45, 2.75) is 26.8 Å². The smallest absolute Gasteiger partial charge is 0.359 e. The summed E-state index contributed by atoms with van der Waals surface area (Å²) in [4.78, 5) is 34.4. The predicted octanol–water partition coefficient (Wildman–Crippen LogP) is 4.13. The van der Waals surface area contributed by atoms with E-state index in [9.17, 15) is 9.59 Å². The molecule has 0 atom stereocenters. The number of ether oxygens (including phenoxy) is 1. The van der Waals surface area contributed by atoms with Crippen LogP contribution in [0.2, 0.25) is 0 Å². The van der Waals surface area contributed by atoms with Gasteiger partial charge in [-0.15, -0.1) is 0 Å². The van der Waals surface area contributed by atoms with E-state index in [1.165, 1.54) is 12.4 Å². The van der Waals surface area contributed by atoms with Crippen LogP contribution >= 0.6 is 0 Å². The fraction of sp³-hybridized carbons (Fsp3) is 0.217. The first kappa shape index (κ1) is 21.0. The third-order valence-corrected chi connectivity index (χ3v) is 4.31. The van der Waals surface area contributed by atoms with Gasteiger partial charge in [-0.1, -0.05) is 18.2 Å². The molecule has 7 heteroatoms. The van der Waals surface area contributed by atoms with Crippen molar-refractivity contribution in [1.82, 2.24) is 9.97 Å². The van der Waals surface area contributed by atoms with Crippen LogP contribution in [0.5, 0.6) is 0 Å². The average Bonchev–Trinajstić information content (AvgIpc) is 2.74. The Morgan fingerprint density at radius 3 is 2.23 bits per heavy atom. The lowest BCUT2D eigenvalue weighted by Gasteiger charge is -2.27. The van der Waals surface area contributed by atoms with Crippen molar-refractivity contribution in [3.05, 3.63) is 78.4 Å². The Morgan fingerprint density at radius 1 is 0.967 bits per heavy atom. The Balaban J connectivity index is 1.65. The van der Waals surface area contributed by atoms with Gasteiger partial charge in [0.25, 0.3) is 5.91 Å². The maximum atomic E-state index is 12.7. The summed E-state index contributed by atoms with van der Waals surface area (Å²) in [5, 5.41) is 3.31. The molecule has 1 amide bonds. The molecule has 0 spiro atoms. The van der Waals surface area contributed by atoms with Gasteiger partial charge in [-0.25, -0.2) is 9.78 Å². The number of esters is 1. The van der Waals surface area contributed by atoms with Crippen molar-refractivity contribution >= 4 is 28.9 Å². The third kappa shape index (κ3) is 5.41. The number of amides is 1. The van der Waals surface area contributed by atoms with Gasteiger partial charge in [0.1, 0.15) is 0 Å². The summed E-state index contributed by atoms with van der Waals surface area (Å²) in [6.45, 7) is 5.20. The number of hydrogen-bond donors (Lipinski definition) is 1. The van der Waals surface area contributed by atoms with Gasteiger partial charge in [-0.3, -0.25) is 9.78 Å². The fourth-order valence-electron chi connectivity index (χ4n) is 2.89. The molecule has 3 aromatic rings. The maximum absolute atomic E-state index is 12.7. The van der Waals surface area contributed by atoms with Gasteiger partial charge in [-0.2, -0.15) is 0 Å². The highest BCUT2D eigenvalue weighted by Crippen LogP contribution is 2.23. The van der Waals surface area contributed by atoms with E-state index in [-0.39, 0.29) is 24.2 Å². The molecule has 1 aromatic heterocycles. The number of rotatable bonds is 7. The minimum Gasteiger partial charge on any atom is -0.451 e. The lowest BCUT2D eigenvalue weighted by atomic mass is 10.2. The van der Waals surface area contributed by atoms with Gasteiger partial charge < -0.3 is 15.0 Å². The second-order valence-corrected chi connectivity index (χ2v) is 7.01. The highest BCUT2D eigenvalue weighted by molar-refractivity contribution is 5.97. The summed E-state index contributed by atoms with van der Waals surface area (Å²) in [7, 11) is 0. The van der Waals surface area contributed by atoms with Crippen LogP contribution in [0.1, 0.15) is 30.0 Å². The summed E-state index contributed by atoms with van der Waals surface area (Å²) in [6, 6.07) is 17.2. The lowest BCUT2D eigenvalue weighted by molar-refractivity contribution is -0.122. The molecule has 30 heavy (non-hydrogen) atoms. The quantitative estimate of drug-likeness (QED) is 0.596. The molecule has 0 unspecified atom stereocenters. The summed E-state index contributed by atoms with van der Waals surface area (Å²) in [5.41, 5.74) is 3.37. The highest BCUT2D eigenvalue weighted by atomic mass is 16.5. The van der Waals surface area contributed by atoms with Gasteiger partial charge in [0.2, 0.25) is 0 Å². The number of nitrogens with one attached hydrogen (secondary N) is 1. The highest BCUT2D eigenvalue weighted by Gasteiger charge is 2.21. The van der Waals surface area contributed by atoms with Crippen molar-refractivity contribution in [3.8, 4) is 0 Å². The molecule has 154 valence electrons. The Hall–Kier alpha value is -3.74. The summed E-state index contributed by atoms with van der Waals surface area (Å²) in [6.07, 6.45) is 2.81. The summed E-state index contributed by atoms with van der Waals surface area (Å²) >= 11 is 0. The van der Waals surface area contributed by atoms with Crippen molar-refractivity contribution in [2.75, 3.05) is 16.8 Å². The van der Waals surface area contributed by atoms with Gasteiger partial charge in [-0.05, 0) is 57.2 Å². The van der Waals surface area contributed by atoms with Gasteiger partial charge in [0.05, 0.1) is 11.9 Å². The van der Waals surface area contributed by atoms with Crippen molar-refractivity contribution < 1.29 is 14.3 Å². The summed E-state index contributed by atoms with van der Waals surface area (Å²) in [5.74, 6) is -0.996. The lowest BCUT2D eigenvalue weighted by Crippen LogP contribution is -2.40. The van der Waals surface area contributed by atoms with Crippen LogP contribution in [0.3, 0.4) is 0 Å². The van der Waals surface area contributed by atoms with Gasteiger partial charge in [0, 0.05) is 29.3 Å². The molecule has 1 N–H and O–H groups in total. The molecule has 0 aliphatic rings. The molecule has 0 fully saturated rings. The van der Waals surface area contributed by atoms with E-state index >= 15 is 0 Å². The molecule has 2 aromatic carbocycles. The number of para-hydroxylation sites is 1. The zero-order valence-corrected chi connectivity index (χ0v) is 17.2. The van der Waals surface area contributed by atoms with Crippen LogP contribution in [0, 0.1) is 6.92 Å². The molecule has 0 aliphatic heterocycles. The monoisotopic (exact) mass is 404 g/mol. The Labute approximate surface area is 175 Å². The van der Waals surface area contributed by atoms with Crippen molar-refractivity contribution in [1.29, 1.82) is 0 Å². The van der Waals surface area contributed by atoms with E-state index in [4.69, 9.17) is 4.74 Å². The molecule has 0 saturated heterocycles. The van der Waals surface area contributed by atoms with Crippen LogP contribution in [0.25, 0.3) is 0 Å². The van der Waals surface area contributed by atoms with E-state index in [1.807, 2.05) is 68.4 Å². The zero-order chi connectivity index (χ0) is 21.5. The second kappa shape index (κ2) is 9.65. The first-order valence-corrected chi connectivity index (χ1v) is 9.64. The van der Waals surface area contributed by atoms with Crippen LogP contribution in [0.4, 0.5) is 17.1 Å². The number of anilines is 3. The largest absolute Gasteiger partial charge is 0.451 e. The molecule has 7 nitrogen and oxygen atoms in total. The number of benzene rings is 2.